The molecule has 35 heavy (non-hydrogen) atoms. The molecule has 0 amide bonds. The Bertz CT molecular complexity index is 1280. The quantitative estimate of drug-likeness (QED) is 0.334. The summed E-state index contributed by atoms with van der Waals surface area (Å²) in [5, 5.41) is 10.8. The first-order chi connectivity index (χ1) is 17.0. The second kappa shape index (κ2) is 11.3. The van der Waals surface area contributed by atoms with Crippen LogP contribution in [-0.4, -0.2) is 41.6 Å². The summed E-state index contributed by atoms with van der Waals surface area (Å²) in [5.74, 6) is 3.01. The summed E-state index contributed by atoms with van der Waals surface area (Å²) in [5.41, 5.74) is 4.93. The molecule has 0 saturated heterocycles. The first-order valence-corrected chi connectivity index (χ1v) is 11.6. The lowest BCUT2D eigenvalue weighted by Gasteiger charge is -2.17. The van der Waals surface area contributed by atoms with Gasteiger partial charge in [-0.25, -0.2) is 4.98 Å². The standard InChI is InChI=1S/C28H32N2O5/c1-19-9-11-26(20(2)13-19)35-18-28-29-24-7-5-6-8-25(24)30(28)15-22(31)17-34-16-21-14-23(32-3)10-12-27(21)33-4/h5-14,22,31H,15-18H2,1-4H3. The molecular weight excluding hydrogens is 444 g/mol. The van der Waals surface area contributed by atoms with Gasteiger partial charge in [-0.2, -0.15) is 0 Å². The molecule has 7 nitrogen and oxygen atoms in total. The minimum absolute atomic E-state index is 0.157. The van der Waals surface area contributed by atoms with E-state index in [0.29, 0.717) is 25.5 Å². The first-order valence-electron chi connectivity index (χ1n) is 11.6. The number of methoxy groups -OCH3 is 2. The van der Waals surface area contributed by atoms with Crippen molar-refractivity contribution >= 4 is 11.0 Å². The third-order valence-electron chi connectivity index (χ3n) is 5.87. The largest absolute Gasteiger partial charge is 0.497 e. The molecule has 0 bridgehead atoms. The molecule has 0 saturated carbocycles. The average molecular weight is 477 g/mol. The SMILES string of the molecule is COc1ccc(OC)c(COCC(O)Cn2c(COc3ccc(C)cc3C)nc3ccccc32)c1. The second-order valence-electron chi connectivity index (χ2n) is 8.53. The van der Waals surface area contributed by atoms with E-state index in [1.807, 2.05) is 66.1 Å². The average Bonchev–Trinajstić information content (AvgIpc) is 3.20. The summed E-state index contributed by atoms with van der Waals surface area (Å²) >= 11 is 0. The van der Waals surface area contributed by atoms with E-state index in [1.54, 1.807) is 14.2 Å². The lowest BCUT2D eigenvalue weighted by atomic mass is 10.1. The monoisotopic (exact) mass is 476 g/mol. The van der Waals surface area contributed by atoms with Gasteiger partial charge in [-0.15, -0.1) is 0 Å². The molecule has 0 aliphatic heterocycles. The van der Waals surface area contributed by atoms with Gasteiger partial charge in [0.1, 0.15) is 29.7 Å². The molecule has 1 aromatic heterocycles. The first kappa shape index (κ1) is 24.6. The molecule has 1 heterocycles. The fourth-order valence-electron chi connectivity index (χ4n) is 4.11. The number of fused-ring (bicyclic) bond motifs is 1. The van der Waals surface area contributed by atoms with Gasteiger partial charge in [-0.1, -0.05) is 29.8 Å². The van der Waals surface area contributed by atoms with Crippen LogP contribution in [0.3, 0.4) is 0 Å². The van der Waals surface area contributed by atoms with Crippen molar-refractivity contribution in [1.82, 2.24) is 9.55 Å². The van der Waals surface area contributed by atoms with Crippen LogP contribution in [0.5, 0.6) is 17.2 Å². The van der Waals surface area contributed by atoms with Crippen molar-refractivity contribution in [2.75, 3.05) is 20.8 Å². The van der Waals surface area contributed by atoms with Gasteiger partial charge in [0.05, 0.1) is 51.1 Å². The van der Waals surface area contributed by atoms with Crippen LogP contribution < -0.4 is 14.2 Å². The summed E-state index contributed by atoms with van der Waals surface area (Å²) in [6.45, 7) is 5.18. The summed E-state index contributed by atoms with van der Waals surface area (Å²) in [4.78, 5) is 4.75. The number of benzene rings is 3. The Kier molecular flexibility index (Phi) is 7.90. The maximum absolute atomic E-state index is 10.8. The Morgan fingerprint density at radius 1 is 0.914 bits per heavy atom. The van der Waals surface area contributed by atoms with E-state index in [-0.39, 0.29) is 6.61 Å². The third kappa shape index (κ3) is 5.93. The molecule has 0 fully saturated rings. The number of para-hydroxylation sites is 2. The van der Waals surface area contributed by atoms with E-state index in [2.05, 4.69) is 13.0 Å². The van der Waals surface area contributed by atoms with Crippen molar-refractivity contribution in [2.24, 2.45) is 0 Å². The zero-order valence-corrected chi connectivity index (χ0v) is 20.7. The molecule has 0 radical (unpaired) electrons. The Morgan fingerprint density at radius 2 is 1.71 bits per heavy atom. The lowest BCUT2D eigenvalue weighted by molar-refractivity contribution is 0.0195. The molecule has 7 heteroatoms. The maximum atomic E-state index is 10.8. The van der Waals surface area contributed by atoms with Gasteiger partial charge < -0.3 is 28.6 Å². The Hall–Kier alpha value is -3.55. The number of aromatic nitrogens is 2. The molecule has 4 aromatic rings. The molecule has 1 N–H and O–H groups in total. The molecule has 1 atom stereocenters. The van der Waals surface area contributed by atoms with E-state index in [9.17, 15) is 5.11 Å². The van der Waals surface area contributed by atoms with Crippen LogP contribution in [-0.2, 0) is 24.5 Å². The summed E-state index contributed by atoms with van der Waals surface area (Å²) in [6, 6.07) is 19.5. The van der Waals surface area contributed by atoms with Gasteiger partial charge in [0, 0.05) is 5.56 Å². The highest BCUT2D eigenvalue weighted by Crippen LogP contribution is 2.25. The number of aliphatic hydroxyl groups excluding tert-OH is 1. The van der Waals surface area contributed by atoms with Crippen LogP contribution in [0.2, 0.25) is 0 Å². The molecule has 0 spiro atoms. The van der Waals surface area contributed by atoms with Gasteiger partial charge in [0.15, 0.2) is 0 Å². The van der Waals surface area contributed by atoms with Gasteiger partial charge in [-0.05, 0) is 55.8 Å². The molecule has 1 unspecified atom stereocenters. The number of hydrogen-bond donors (Lipinski definition) is 1. The fraction of sp³-hybridized carbons (Fsp3) is 0.321. The van der Waals surface area contributed by atoms with Crippen molar-refractivity contribution in [3.63, 3.8) is 0 Å². The van der Waals surface area contributed by atoms with E-state index >= 15 is 0 Å². The van der Waals surface area contributed by atoms with Crippen LogP contribution in [0.25, 0.3) is 11.0 Å². The van der Waals surface area contributed by atoms with Gasteiger partial charge in [-0.3, -0.25) is 0 Å². The lowest BCUT2D eigenvalue weighted by Crippen LogP contribution is -2.23. The van der Waals surface area contributed by atoms with Crippen LogP contribution in [0.15, 0.2) is 60.7 Å². The molecule has 184 valence electrons. The van der Waals surface area contributed by atoms with Crippen LogP contribution in [0, 0.1) is 13.8 Å². The molecule has 4 rings (SSSR count). The number of rotatable bonds is 11. The highest BCUT2D eigenvalue weighted by atomic mass is 16.5. The van der Waals surface area contributed by atoms with Crippen molar-refractivity contribution in [3.8, 4) is 17.2 Å². The van der Waals surface area contributed by atoms with E-state index in [4.69, 9.17) is 23.9 Å². The van der Waals surface area contributed by atoms with Crippen molar-refractivity contribution in [3.05, 3.63) is 83.2 Å². The molecule has 3 aromatic carbocycles. The summed E-state index contributed by atoms with van der Waals surface area (Å²) in [6.07, 6.45) is -0.732. The summed E-state index contributed by atoms with van der Waals surface area (Å²) in [7, 11) is 3.24. The summed E-state index contributed by atoms with van der Waals surface area (Å²) < 4.78 is 24.6. The number of aliphatic hydroxyl groups is 1. The number of nitrogens with zero attached hydrogens (tertiary/aromatic N) is 2. The minimum Gasteiger partial charge on any atom is -0.497 e. The van der Waals surface area contributed by atoms with Gasteiger partial charge in [0.2, 0.25) is 0 Å². The Morgan fingerprint density at radius 3 is 2.49 bits per heavy atom. The van der Waals surface area contributed by atoms with Crippen molar-refractivity contribution in [1.29, 1.82) is 0 Å². The van der Waals surface area contributed by atoms with Crippen molar-refractivity contribution < 1.29 is 24.1 Å². The fourth-order valence-corrected chi connectivity index (χ4v) is 4.11. The van der Waals surface area contributed by atoms with Crippen LogP contribution in [0.4, 0.5) is 0 Å². The molecule has 0 aliphatic rings. The highest BCUT2D eigenvalue weighted by molar-refractivity contribution is 5.75. The predicted molar refractivity (Wildman–Crippen MR) is 135 cm³/mol. The van der Waals surface area contributed by atoms with Crippen LogP contribution >= 0.6 is 0 Å². The van der Waals surface area contributed by atoms with Gasteiger partial charge in [0.25, 0.3) is 0 Å². The van der Waals surface area contributed by atoms with Gasteiger partial charge >= 0.3 is 0 Å². The number of imidazole rings is 1. The second-order valence-corrected chi connectivity index (χ2v) is 8.53. The maximum Gasteiger partial charge on any atom is 0.148 e. The molecule has 0 aliphatic carbocycles. The Balaban J connectivity index is 1.44. The smallest absolute Gasteiger partial charge is 0.148 e. The highest BCUT2D eigenvalue weighted by Gasteiger charge is 2.16. The van der Waals surface area contributed by atoms with Crippen LogP contribution in [0.1, 0.15) is 22.5 Å². The number of ether oxygens (including phenoxy) is 4. The van der Waals surface area contributed by atoms with E-state index < -0.39 is 6.10 Å². The topological polar surface area (TPSA) is 75.0 Å². The van der Waals surface area contributed by atoms with E-state index in [0.717, 1.165) is 39.5 Å². The van der Waals surface area contributed by atoms with Crippen molar-refractivity contribution in [2.45, 2.75) is 39.7 Å². The minimum atomic E-state index is -0.732. The predicted octanol–water partition coefficient (Wildman–Crippen LogP) is 4.83. The normalized spacial score (nSPS) is 12.0. The Labute approximate surface area is 205 Å². The zero-order chi connectivity index (χ0) is 24.8. The zero-order valence-electron chi connectivity index (χ0n) is 20.7. The number of hydrogen-bond acceptors (Lipinski definition) is 6. The third-order valence-corrected chi connectivity index (χ3v) is 5.87. The number of aryl methyl sites for hydroxylation is 2. The molecular formula is C28H32N2O5. The van der Waals surface area contributed by atoms with E-state index in [1.165, 1.54) is 5.56 Å².